The number of nitro groups is 1. The Morgan fingerprint density at radius 2 is 2.59 bits per heavy atom. The van der Waals surface area contributed by atoms with Crippen molar-refractivity contribution in [2.24, 2.45) is 5.10 Å². The van der Waals surface area contributed by atoms with Crippen LogP contribution in [0.2, 0.25) is 4.47 Å². The minimum atomic E-state index is -0.691. The number of aromatic nitrogens is 1. The standard InChI is InChI=1S/C8H11ClN5O2S/c9-7-10-3-5-17(7)6-13-4-1-2-11-8(13)12-14(15)16/h3,5H,1-2,4,6H2,(H,11,12)/q+1. The number of hydrogen-bond donors (Lipinski definition) is 1. The van der Waals surface area contributed by atoms with Gasteiger partial charge in [0, 0.05) is 23.6 Å². The molecular formula is C8H11ClN5O2S+. The Hall–Kier alpha value is -1.41. The van der Waals surface area contributed by atoms with Crippen molar-refractivity contribution in [2.75, 3.05) is 13.1 Å². The van der Waals surface area contributed by atoms with Gasteiger partial charge in [-0.3, -0.25) is 4.90 Å². The Bertz CT molecular complexity index is 449. The summed E-state index contributed by atoms with van der Waals surface area (Å²) in [5, 5.41) is 17.9. The summed E-state index contributed by atoms with van der Waals surface area (Å²) in [6.45, 7) is 1.44. The van der Waals surface area contributed by atoms with E-state index in [0.29, 0.717) is 22.8 Å². The minimum absolute atomic E-state index is 0.288. The molecule has 0 saturated carbocycles. The van der Waals surface area contributed by atoms with E-state index in [2.05, 4.69) is 15.4 Å². The molecule has 1 atom stereocenters. The highest BCUT2D eigenvalue weighted by Crippen LogP contribution is 2.29. The summed E-state index contributed by atoms with van der Waals surface area (Å²) in [6.07, 6.45) is 2.58. The lowest BCUT2D eigenvalue weighted by Gasteiger charge is -2.25. The second-order valence-corrected chi connectivity index (χ2v) is 5.79. The van der Waals surface area contributed by atoms with Crippen LogP contribution in [-0.4, -0.2) is 34.0 Å². The second kappa shape index (κ2) is 5.28. The number of halogens is 1. The van der Waals surface area contributed by atoms with Crippen molar-refractivity contribution in [1.29, 1.82) is 0 Å². The predicted octanol–water partition coefficient (Wildman–Crippen LogP) is 1.28. The summed E-state index contributed by atoms with van der Waals surface area (Å²) in [6, 6.07) is 0. The maximum atomic E-state index is 10.4. The van der Waals surface area contributed by atoms with E-state index in [-0.39, 0.29) is 10.5 Å². The third-order valence-electron chi connectivity index (χ3n) is 2.28. The zero-order chi connectivity index (χ0) is 12.3. The molecule has 0 aliphatic carbocycles. The number of hydrogen-bond acceptors (Lipinski definition) is 3. The topological polar surface area (TPSA) is 83.7 Å². The molecule has 17 heavy (non-hydrogen) atoms. The lowest BCUT2D eigenvalue weighted by molar-refractivity contribution is -0.486. The SMILES string of the molecule is O=[N+]([O-])N=C1NCCCN1C[s+]1ccnc1Cl. The molecule has 1 unspecified atom stereocenters. The van der Waals surface area contributed by atoms with Gasteiger partial charge in [0.05, 0.1) is 6.20 Å². The van der Waals surface area contributed by atoms with Crippen LogP contribution in [0.25, 0.3) is 0 Å². The van der Waals surface area contributed by atoms with E-state index in [0.717, 1.165) is 13.0 Å². The van der Waals surface area contributed by atoms with Crippen molar-refractivity contribution >= 4 is 28.0 Å². The van der Waals surface area contributed by atoms with Crippen molar-refractivity contribution in [3.8, 4) is 0 Å². The largest absolute Gasteiger partial charge is 0.351 e. The number of nitrogens with zero attached hydrogens (tertiary/aromatic N) is 4. The molecule has 2 heterocycles. The van der Waals surface area contributed by atoms with Crippen molar-refractivity contribution in [1.82, 2.24) is 15.2 Å². The number of guanidine groups is 1. The highest BCUT2D eigenvalue weighted by Gasteiger charge is 2.25. The fourth-order valence-electron chi connectivity index (χ4n) is 1.54. The normalized spacial score (nSPS) is 19.2. The van der Waals surface area contributed by atoms with E-state index in [4.69, 9.17) is 11.6 Å². The molecule has 1 aliphatic rings. The maximum absolute atomic E-state index is 10.4. The molecule has 1 aliphatic heterocycles. The fourth-order valence-corrected chi connectivity index (χ4v) is 3.19. The van der Waals surface area contributed by atoms with Gasteiger partial charge in [0.1, 0.15) is 5.10 Å². The van der Waals surface area contributed by atoms with Gasteiger partial charge in [-0.25, -0.2) is 10.1 Å². The van der Waals surface area contributed by atoms with Crippen LogP contribution in [0.5, 0.6) is 0 Å². The predicted molar refractivity (Wildman–Crippen MR) is 65.5 cm³/mol. The molecule has 92 valence electrons. The van der Waals surface area contributed by atoms with Crippen molar-refractivity contribution in [2.45, 2.75) is 12.3 Å². The van der Waals surface area contributed by atoms with E-state index in [1.54, 1.807) is 6.20 Å². The summed E-state index contributed by atoms with van der Waals surface area (Å²) < 4.78 is 0.538. The first-order valence-electron chi connectivity index (χ1n) is 4.98. The molecule has 1 fully saturated rings. The van der Waals surface area contributed by atoms with Gasteiger partial charge >= 0.3 is 4.47 Å². The second-order valence-electron chi connectivity index (χ2n) is 3.43. The van der Waals surface area contributed by atoms with Gasteiger partial charge in [0.2, 0.25) is 5.88 Å². The first-order chi connectivity index (χ1) is 8.16. The van der Waals surface area contributed by atoms with Crippen molar-refractivity contribution in [3.63, 3.8) is 0 Å². The molecule has 1 aromatic rings. The summed E-state index contributed by atoms with van der Waals surface area (Å²) >= 11 is 5.93. The van der Waals surface area contributed by atoms with Crippen molar-refractivity contribution in [3.05, 3.63) is 26.2 Å². The highest BCUT2D eigenvalue weighted by atomic mass is 35.5. The average molecular weight is 277 g/mol. The van der Waals surface area contributed by atoms with Gasteiger partial charge in [0.15, 0.2) is 10.4 Å². The van der Waals surface area contributed by atoms with E-state index in [1.807, 2.05) is 10.3 Å². The van der Waals surface area contributed by atoms with Gasteiger partial charge in [0.25, 0.3) is 5.96 Å². The smallest absolute Gasteiger partial charge is 0.339 e. The lowest BCUT2D eigenvalue weighted by Crippen LogP contribution is -2.46. The average Bonchev–Trinajstić information content (AvgIpc) is 2.67. The molecule has 1 aromatic heterocycles. The molecule has 0 aromatic carbocycles. The third-order valence-corrected chi connectivity index (χ3v) is 4.55. The molecule has 0 radical (unpaired) electrons. The fraction of sp³-hybridized carbons (Fsp3) is 0.500. The van der Waals surface area contributed by atoms with Crippen LogP contribution in [-0.2, 0) is 5.88 Å². The Labute approximate surface area is 105 Å². The van der Waals surface area contributed by atoms with Gasteiger partial charge in [-0.2, -0.15) is 4.98 Å². The monoisotopic (exact) mass is 276 g/mol. The lowest BCUT2D eigenvalue weighted by atomic mass is 10.3. The van der Waals surface area contributed by atoms with E-state index in [9.17, 15) is 10.1 Å². The van der Waals surface area contributed by atoms with Crippen molar-refractivity contribution < 1.29 is 5.03 Å². The quantitative estimate of drug-likeness (QED) is 0.511. The Morgan fingerprint density at radius 1 is 1.76 bits per heavy atom. The van der Waals surface area contributed by atoms with Gasteiger partial charge in [-0.1, -0.05) is 0 Å². The molecule has 0 spiro atoms. The van der Waals surface area contributed by atoms with Gasteiger partial charge in [-0.05, 0) is 18.0 Å². The number of hydrazone groups is 1. The summed E-state index contributed by atoms with van der Waals surface area (Å²) in [4.78, 5) is 16.2. The van der Waals surface area contributed by atoms with Crippen LogP contribution in [0, 0.1) is 10.1 Å². The summed E-state index contributed by atoms with van der Waals surface area (Å²) in [7, 11) is -0.288. The van der Waals surface area contributed by atoms with E-state index >= 15 is 0 Å². The number of nitrogens with one attached hydrogen (secondary N) is 1. The van der Waals surface area contributed by atoms with Gasteiger partial charge < -0.3 is 5.32 Å². The van der Waals surface area contributed by atoms with Crippen LogP contribution in [0.4, 0.5) is 0 Å². The minimum Gasteiger partial charge on any atom is -0.351 e. The maximum Gasteiger partial charge on any atom is 0.339 e. The molecule has 0 bridgehead atoms. The highest BCUT2D eigenvalue weighted by molar-refractivity contribution is 7.32. The zero-order valence-corrected chi connectivity index (χ0v) is 10.4. The number of thiazole rings is 1. The molecule has 0 amide bonds. The molecule has 2 rings (SSSR count). The molecule has 1 saturated heterocycles. The Balaban J connectivity index is 2.12. The Kier molecular flexibility index (Phi) is 3.75. The first kappa shape index (κ1) is 12.1. The van der Waals surface area contributed by atoms with Gasteiger partial charge in [-0.15, -0.1) is 0 Å². The van der Waals surface area contributed by atoms with Crippen LogP contribution in [0.3, 0.4) is 0 Å². The summed E-state index contributed by atoms with van der Waals surface area (Å²) in [5.41, 5.74) is 0. The number of rotatable bonds is 3. The summed E-state index contributed by atoms with van der Waals surface area (Å²) in [5.74, 6) is 0.886. The van der Waals surface area contributed by atoms with E-state index in [1.165, 1.54) is 0 Å². The molecular weight excluding hydrogens is 266 g/mol. The Morgan fingerprint density at radius 3 is 3.24 bits per heavy atom. The zero-order valence-electron chi connectivity index (χ0n) is 8.87. The molecule has 7 nitrogen and oxygen atoms in total. The molecule has 9 heteroatoms. The third kappa shape index (κ3) is 3.04. The molecule has 1 N–H and O–H groups in total. The van der Waals surface area contributed by atoms with Crippen LogP contribution < -0.4 is 5.32 Å². The first-order valence-corrected chi connectivity index (χ1v) is 6.82. The van der Waals surface area contributed by atoms with Crippen LogP contribution >= 0.6 is 22.1 Å². The van der Waals surface area contributed by atoms with Crippen LogP contribution in [0.15, 0.2) is 16.7 Å². The van der Waals surface area contributed by atoms with Crippen LogP contribution in [0.1, 0.15) is 6.42 Å². The van der Waals surface area contributed by atoms with E-state index < -0.39 is 5.03 Å².